The van der Waals surface area contributed by atoms with Gasteiger partial charge in [-0.25, -0.2) is 0 Å². The van der Waals surface area contributed by atoms with Crippen LogP contribution in [0.3, 0.4) is 0 Å². The summed E-state index contributed by atoms with van der Waals surface area (Å²) >= 11 is 0. The molecule has 0 aromatic carbocycles. The highest BCUT2D eigenvalue weighted by molar-refractivity contribution is 5.12. The van der Waals surface area contributed by atoms with Gasteiger partial charge in [0.1, 0.15) is 0 Å². The first kappa shape index (κ1) is 8.21. The summed E-state index contributed by atoms with van der Waals surface area (Å²) in [4.78, 5) is 10.6. The molecule has 2 aliphatic carbocycles. The molecule has 2 aliphatic rings. The summed E-state index contributed by atoms with van der Waals surface area (Å²) < 4.78 is 0. The van der Waals surface area contributed by atoms with E-state index in [0.29, 0.717) is 5.41 Å². The topological polar surface area (TPSA) is 29.4 Å². The van der Waals surface area contributed by atoms with Gasteiger partial charge in [0.15, 0.2) is 0 Å². The summed E-state index contributed by atoms with van der Waals surface area (Å²) in [6.07, 6.45) is 3.53. The van der Waals surface area contributed by atoms with Gasteiger partial charge < -0.3 is 0 Å². The Balaban J connectivity index is 2.39. The number of rotatable bonds is 1. The van der Waals surface area contributed by atoms with E-state index in [4.69, 9.17) is 0 Å². The van der Waals surface area contributed by atoms with E-state index in [-0.39, 0.29) is 11.5 Å². The summed E-state index contributed by atoms with van der Waals surface area (Å²) in [5, 5.41) is 3.29. The highest BCUT2D eigenvalue weighted by atomic mass is 16.3. The van der Waals surface area contributed by atoms with E-state index in [2.05, 4.69) is 25.9 Å². The van der Waals surface area contributed by atoms with Crippen LogP contribution in [0.4, 0.5) is 0 Å². The van der Waals surface area contributed by atoms with Gasteiger partial charge in [0.05, 0.1) is 6.04 Å². The zero-order valence-corrected chi connectivity index (χ0v) is 8.13. The molecule has 0 aromatic rings. The number of hydrogen-bond donors (Lipinski definition) is 0. The van der Waals surface area contributed by atoms with Crippen molar-refractivity contribution < 1.29 is 0 Å². The van der Waals surface area contributed by atoms with E-state index in [0.717, 1.165) is 12.3 Å². The molecule has 0 aromatic heterocycles. The molecule has 0 aliphatic heterocycles. The quantitative estimate of drug-likeness (QED) is 0.552. The van der Waals surface area contributed by atoms with Crippen molar-refractivity contribution in [3.05, 3.63) is 4.91 Å². The van der Waals surface area contributed by atoms with Crippen LogP contribution in [0.5, 0.6) is 0 Å². The molecular weight excluding hydrogens is 150 g/mol. The van der Waals surface area contributed by atoms with Crippen molar-refractivity contribution in [3.63, 3.8) is 0 Å². The second-order valence-electron chi connectivity index (χ2n) is 5.23. The maximum absolute atomic E-state index is 10.6. The first-order valence-electron chi connectivity index (χ1n) is 4.85. The van der Waals surface area contributed by atoms with Crippen LogP contribution < -0.4 is 0 Å². The van der Waals surface area contributed by atoms with Crippen LogP contribution in [0.15, 0.2) is 5.18 Å². The standard InChI is InChI=1S/C10H17NO/c1-9(2)7-4-5-10(9,3)8(6-7)11-12/h7-8H,4-6H2,1-3H3. The Hall–Kier alpha value is -0.400. The van der Waals surface area contributed by atoms with Gasteiger partial charge in [0.25, 0.3) is 0 Å². The summed E-state index contributed by atoms with van der Waals surface area (Å²) in [6, 6.07) is 0.0891. The number of nitrogens with zero attached hydrogens (tertiary/aromatic N) is 1. The largest absolute Gasteiger partial charge is 0.150 e. The lowest BCUT2D eigenvalue weighted by molar-refractivity contribution is 0.136. The SMILES string of the molecule is CC1(C)C2CCC1(C)C(N=O)C2. The van der Waals surface area contributed by atoms with E-state index in [9.17, 15) is 4.91 Å². The molecule has 12 heavy (non-hydrogen) atoms. The van der Waals surface area contributed by atoms with Gasteiger partial charge in [0, 0.05) is 0 Å². The maximum Gasteiger partial charge on any atom is 0.0981 e. The molecule has 0 saturated heterocycles. The highest BCUT2D eigenvalue weighted by Crippen LogP contribution is 2.66. The van der Waals surface area contributed by atoms with E-state index in [1.807, 2.05) is 0 Å². The van der Waals surface area contributed by atoms with Gasteiger partial charge in [0.2, 0.25) is 0 Å². The van der Waals surface area contributed by atoms with Crippen LogP contribution >= 0.6 is 0 Å². The van der Waals surface area contributed by atoms with Crippen molar-refractivity contribution in [2.24, 2.45) is 21.9 Å². The summed E-state index contributed by atoms with van der Waals surface area (Å²) in [5.41, 5.74) is 0.533. The predicted octanol–water partition coefficient (Wildman–Crippen LogP) is 2.97. The lowest BCUT2D eigenvalue weighted by Crippen LogP contribution is -2.34. The van der Waals surface area contributed by atoms with Crippen LogP contribution in [-0.4, -0.2) is 6.04 Å². The second-order valence-corrected chi connectivity index (χ2v) is 5.23. The van der Waals surface area contributed by atoms with E-state index in [1.165, 1.54) is 12.8 Å². The minimum Gasteiger partial charge on any atom is -0.150 e. The van der Waals surface area contributed by atoms with Gasteiger partial charge in [-0.3, -0.25) is 0 Å². The van der Waals surface area contributed by atoms with Crippen molar-refractivity contribution in [2.45, 2.75) is 46.1 Å². The Morgan fingerprint density at radius 2 is 2.00 bits per heavy atom. The molecule has 0 heterocycles. The molecule has 2 bridgehead atoms. The molecule has 0 N–H and O–H groups in total. The van der Waals surface area contributed by atoms with Gasteiger partial charge in [-0.2, -0.15) is 4.91 Å². The molecular formula is C10H17NO. The second kappa shape index (κ2) is 2.09. The van der Waals surface area contributed by atoms with Crippen molar-refractivity contribution in [3.8, 4) is 0 Å². The fourth-order valence-electron chi connectivity index (χ4n) is 3.32. The number of nitroso groups, excluding NO2 is 1. The number of fused-ring (bicyclic) bond motifs is 2. The monoisotopic (exact) mass is 167 g/mol. The zero-order chi connectivity index (χ0) is 8.98. The highest BCUT2D eigenvalue weighted by Gasteiger charge is 2.62. The predicted molar refractivity (Wildman–Crippen MR) is 48.8 cm³/mol. The fourth-order valence-corrected chi connectivity index (χ4v) is 3.32. The van der Waals surface area contributed by atoms with Crippen LogP contribution in [0.1, 0.15) is 40.0 Å². The molecule has 2 rings (SSSR count). The van der Waals surface area contributed by atoms with Gasteiger partial charge >= 0.3 is 0 Å². The third kappa shape index (κ3) is 0.668. The van der Waals surface area contributed by atoms with E-state index >= 15 is 0 Å². The average Bonchev–Trinajstić information content (AvgIpc) is 2.34. The molecule has 2 fully saturated rings. The Morgan fingerprint density at radius 1 is 1.33 bits per heavy atom. The van der Waals surface area contributed by atoms with Gasteiger partial charge in [-0.1, -0.05) is 25.9 Å². The Kier molecular flexibility index (Phi) is 1.43. The Bertz CT molecular complexity index is 224. The molecule has 2 nitrogen and oxygen atoms in total. The normalized spacial score (nSPS) is 49.6. The molecule has 0 spiro atoms. The average molecular weight is 167 g/mol. The lowest BCUT2D eigenvalue weighted by atomic mass is 9.69. The van der Waals surface area contributed by atoms with E-state index in [1.54, 1.807) is 0 Å². The third-order valence-electron chi connectivity index (χ3n) is 4.88. The molecule has 0 radical (unpaired) electrons. The minimum absolute atomic E-state index is 0.0891. The van der Waals surface area contributed by atoms with Crippen molar-refractivity contribution in [2.75, 3.05) is 0 Å². The molecule has 3 atom stereocenters. The van der Waals surface area contributed by atoms with Gasteiger partial charge in [-0.15, -0.1) is 0 Å². The van der Waals surface area contributed by atoms with Crippen LogP contribution in [0.2, 0.25) is 0 Å². The third-order valence-corrected chi connectivity index (χ3v) is 4.88. The van der Waals surface area contributed by atoms with Gasteiger partial charge in [-0.05, 0) is 36.0 Å². The zero-order valence-electron chi connectivity index (χ0n) is 8.13. The van der Waals surface area contributed by atoms with E-state index < -0.39 is 0 Å². The van der Waals surface area contributed by atoms with Crippen molar-refractivity contribution in [1.29, 1.82) is 0 Å². The first-order valence-corrected chi connectivity index (χ1v) is 4.85. The van der Waals surface area contributed by atoms with Crippen molar-refractivity contribution in [1.82, 2.24) is 0 Å². The smallest absolute Gasteiger partial charge is 0.0981 e. The molecule has 68 valence electrons. The van der Waals surface area contributed by atoms with Crippen LogP contribution in [0, 0.1) is 21.7 Å². The summed E-state index contributed by atoms with van der Waals surface area (Å²) in [5.74, 6) is 0.741. The molecule has 0 amide bonds. The van der Waals surface area contributed by atoms with Crippen molar-refractivity contribution >= 4 is 0 Å². The Morgan fingerprint density at radius 3 is 2.25 bits per heavy atom. The fraction of sp³-hybridized carbons (Fsp3) is 1.00. The molecule has 3 unspecified atom stereocenters. The van der Waals surface area contributed by atoms with Crippen LogP contribution in [-0.2, 0) is 0 Å². The Labute approximate surface area is 73.7 Å². The maximum atomic E-state index is 10.6. The summed E-state index contributed by atoms with van der Waals surface area (Å²) in [7, 11) is 0. The molecule has 2 heteroatoms. The number of hydrogen-bond acceptors (Lipinski definition) is 2. The lowest BCUT2D eigenvalue weighted by Gasteiger charge is -2.36. The molecule has 2 saturated carbocycles. The van der Waals surface area contributed by atoms with Crippen LogP contribution in [0.25, 0.3) is 0 Å². The minimum atomic E-state index is 0.0891. The summed E-state index contributed by atoms with van der Waals surface area (Å²) in [6.45, 7) is 6.84. The first-order chi connectivity index (χ1) is 5.52.